The van der Waals surface area contributed by atoms with Gasteiger partial charge in [0.05, 0.1) is 11.9 Å². The van der Waals surface area contributed by atoms with E-state index in [0.717, 1.165) is 40.9 Å². The van der Waals surface area contributed by atoms with Crippen molar-refractivity contribution in [2.45, 2.75) is 76.8 Å². The molecule has 4 heterocycles. The number of benzene rings is 1. The van der Waals surface area contributed by atoms with Crippen LogP contribution >= 0.6 is 0 Å². The van der Waals surface area contributed by atoms with Crippen LogP contribution in [0.25, 0.3) is 11.3 Å². The number of nitrogens with zero attached hydrogens (tertiary/aromatic N) is 7. The third-order valence-electron chi connectivity index (χ3n) is 7.81. The molecule has 1 aliphatic carbocycles. The number of nitrogens with one attached hydrogen (secondary N) is 1. The van der Waals surface area contributed by atoms with Crippen LogP contribution in [0, 0.1) is 0 Å². The molecule has 182 valence electrons. The molecule has 0 radical (unpaired) electrons. The maximum absolute atomic E-state index is 5.12. The molecule has 8 nitrogen and oxygen atoms in total. The predicted molar refractivity (Wildman–Crippen MR) is 138 cm³/mol. The average molecular weight is 471 g/mol. The molecule has 1 aliphatic heterocycles. The summed E-state index contributed by atoms with van der Waals surface area (Å²) in [5, 5.41) is 12.7. The van der Waals surface area contributed by atoms with Gasteiger partial charge in [-0.2, -0.15) is 24.7 Å². The number of aromatic nitrogens is 6. The Morgan fingerprint density at radius 3 is 2.60 bits per heavy atom. The van der Waals surface area contributed by atoms with E-state index in [4.69, 9.17) is 9.97 Å². The highest BCUT2D eigenvalue weighted by Gasteiger charge is 2.43. The molecule has 1 saturated carbocycles. The number of fused-ring (bicyclic) bond motifs is 1. The lowest BCUT2D eigenvalue weighted by atomic mass is 9.80. The average Bonchev–Trinajstić information content (AvgIpc) is 3.63. The van der Waals surface area contributed by atoms with Crippen LogP contribution in [0.4, 0.5) is 11.9 Å². The van der Waals surface area contributed by atoms with E-state index >= 15 is 0 Å². The zero-order chi connectivity index (χ0) is 23.8. The second-order valence-electron chi connectivity index (χ2n) is 10.3. The van der Waals surface area contributed by atoms with Crippen LogP contribution in [0.2, 0.25) is 0 Å². The predicted octanol–water partition coefficient (Wildman–Crippen LogP) is 5.35. The number of hydrogen-bond donors (Lipinski definition) is 1. The van der Waals surface area contributed by atoms with E-state index < -0.39 is 0 Å². The fraction of sp³-hybridized carbons (Fsp3) is 0.481. The summed E-state index contributed by atoms with van der Waals surface area (Å²) < 4.78 is 3.78. The zero-order valence-corrected chi connectivity index (χ0v) is 20.7. The molecule has 4 aromatic rings. The first-order valence-corrected chi connectivity index (χ1v) is 13.0. The number of anilines is 2. The SMILES string of the molecule is CC(C)c1cnn2c(NCc3ccccc3-n3cccn3)nc(N3CCCC34CCCCC4)nc12. The first-order chi connectivity index (χ1) is 17.1. The minimum absolute atomic E-state index is 0.221. The molecule has 1 saturated heterocycles. The van der Waals surface area contributed by atoms with Gasteiger partial charge in [0, 0.05) is 36.6 Å². The Bertz CT molecular complexity index is 1300. The highest BCUT2D eigenvalue weighted by molar-refractivity contribution is 5.57. The van der Waals surface area contributed by atoms with Crippen molar-refractivity contribution < 1.29 is 0 Å². The van der Waals surface area contributed by atoms with Crippen molar-refractivity contribution in [3.05, 3.63) is 60.0 Å². The Morgan fingerprint density at radius 2 is 1.80 bits per heavy atom. The highest BCUT2D eigenvalue weighted by atomic mass is 15.4. The molecule has 1 spiro atoms. The van der Waals surface area contributed by atoms with E-state index in [1.807, 2.05) is 33.7 Å². The molecule has 35 heavy (non-hydrogen) atoms. The smallest absolute Gasteiger partial charge is 0.231 e. The lowest BCUT2D eigenvalue weighted by molar-refractivity contribution is 0.294. The molecule has 3 aromatic heterocycles. The summed E-state index contributed by atoms with van der Waals surface area (Å²) in [6.45, 7) is 6.04. The maximum atomic E-state index is 5.12. The summed E-state index contributed by atoms with van der Waals surface area (Å²) >= 11 is 0. The van der Waals surface area contributed by atoms with E-state index in [1.54, 1.807) is 6.20 Å². The Hall–Kier alpha value is -3.42. The van der Waals surface area contributed by atoms with E-state index in [1.165, 1.54) is 44.9 Å². The molecule has 0 amide bonds. The standard InChI is InChI=1S/C27H34N8/c1-20(2)22-19-30-35-24(22)31-26(33-16-8-14-27(33)12-6-3-7-13-27)32-25(35)28-18-21-10-4-5-11-23(21)34-17-9-15-29-34/h4-5,9-11,15,17,19-20H,3,6-8,12-14,16,18H2,1-2H3,(H,28,31,32). The lowest BCUT2D eigenvalue weighted by Crippen LogP contribution is -2.46. The minimum Gasteiger partial charge on any atom is -0.350 e. The Kier molecular flexibility index (Phi) is 5.66. The van der Waals surface area contributed by atoms with Crippen LogP contribution in [0.15, 0.2) is 48.9 Å². The van der Waals surface area contributed by atoms with Crippen molar-refractivity contribution >= 4 is 17.5 Å². The van der Waals surface area contributed by atoms with Crippen molar-refractivity contribution in [1.29, 1.82) is 0 Å². The summed E-state index contributed by atoms with van der Waals surface area (Å²) in [5.74, 6) is 1.93. The van der Waals surface area contributed by atoms with Crippen LogP contribution < -0.4 is 10.2 Å². The third kappa shape index (κ3) is 3.94. The number of hydrogen-bond acceptors (Lipinski definition) is 6. The Morgan fingerprint density at radius 1 is 0.971 bits per heavy atom. The van der Waals surface area contributed by atoms with Gasteiger partial charge >= 0.3 is 0 Å². The fourth-order valence-corrected chi connectivity index (χ4v) is 5.98. The fourth-order valence-electron chi connectivity index (χ4n) is 5.98. The first kappa shape index (κ1) is 22.1. The molecule has 0 unspecified atom stereocenters. The molecule has 6 rings (SSSR count). The summed E-state index contributed by atoms with van der Waals surface area (Å²) in [4.78, 5) is 12.7. The molecule has 2 fully saturated rings. The van der Waals surface area contributed by atoms with Crippen molar-refractivity contribution in [2.24, 2.45) is 0 Å². The Balaban J connectivity index is 1.39. The van der Waals surface area contributed by atoms with Gasteiger partial charge < -0.3 is 10.2 Å². The lowest BCUT2D eigenvalue weighted by Gasteiger charge is -2.41. The van der Waals surface area contributed by atoms with Crippen molar-refractivity contribution in [2.75, 3.05) is 16.8 Å². The topological polar surface area (TPSA) is 76.2 Å². The van der Waals surface area contributed by atoms with E-state index in [2.05, 4.69) is 52.5 Å². The quantitative estimate of drug-likeness (QED) is 0.409. The largest absolute Gasteiger partial charge is 0.350 e. The maximum Gasteiger partial charge on any atom is 0.231 e. The van der Waals surface area contributed by atoms with Crippen molar-refractivity contribution in [3.63, 3.8) is 0 Å². The van der Waals surface area contributed by atoms with Gasteiger partial charge in [-0.05, 0) is 49.3 Å². The van der Waals surface area contributed by atoms with Gasteiger partial charge in [-0.1, -0.05) is 51.3 Å². The third-order valence-corrected chi connectivity index (χ3v) is 7.81. The van der Waals surface area contributed by atoms with Crippen LogP contribution in [-0.4, -0.2) is 41.4 Å². The molecule has 0 atom stereocenters. The number of rotatable bonds is 6. The second kappa shape index (κ2) is 8.98. The van der Waals surface area contributed by atoms with Gasteiger partial charge in [0.15, 0.2) is 5.65 Å². The second-order valence-corrected chi connectivity index (χ2v) is 10.3. The van der Waals surface area contributed by atoms with Gasteiger partial charge in [-0.25, -0.2) is 4.68 Å². The molecular weight excluding hydrogens is 436 g/mol. The molecule has 0 bridgehead atoms. The van der Waals surface area contributed by atoms with E-state index in [0.29, 0.717) is 12.5 Å². The van der Waals surface area contributed by atoms with Crippen molar-refractivity contribution in [1.82, 2.24) is 29.4 Å². The van der Waals surface area contributed by atoms with Gasteiger partial charge in [-0.3, -0.25) is 0 Å². The highest BCUT2D eigenvalue weighted by Crippen LogP contribution is 2.43. The van der Waals surface area contributed by atoms with Crippen LogP contribution in [-0.2, 0) is 6.54 Å². The summed E-state index contributed by atoms with van der Waals surface area (Å²) in [6, 6.07) is 10.3. The summed E-state index contributed by atoms with van der Waals surface area (Å²) in [5.41, 5.74) is 4.49. The van der Waals surface area contributed by atoms with Gasteiger partial charge in [0.1, 0.15) is 0 Å². The number of para-hydroxylation sites is 1. The van der Waals surface area contributed by atoms with Crippen LogP contribution in [0.1, 0.15) is 75.8 Å². The van der Waals surface area contributed by atoms with Crippen molar-refractivity contribution in [3.8, 4) is 5.69 Å². The van der Waals surface area contributed by atoms with Crippen LogP contribution in [0.5, 0.6) is 0 Å². The molecule has 1 N–H and O–H groups in total. The molecule has 2 aliphatic rings. The normalized spacial score (nSPS) is 17.6. The minimum atomic E-state index is 0.221. The first-order valence-electron chi connectivity index (χ1n) is 13.0. The summed E-state index contributed by atoms with van der Waals surface area (Å²) in [6.07, 6.45) is 14.6. The molecule has 1 aromatic carbocycles. The molecular formula is C27H34N8. The summed E-state index contributed by atoms with van der Waals surface area (Å²) in [7, 11) is 0. The van der Waals surface area contributed by atoms with Crippen LogP contribution in [0.3, 0.4) is 0 Å². The van der Waals surface area contributed by atoms with Gasteiger partial charge in [-0.15, -0.1) is 0 Å². The van der Waals surface area contributed by atoms with Gasteiger partial charge in [0.25, 0.3) is 0 Å². The zero-order valence-electron chi connectivity index (χ0n) is 20.7. The van der Waals surface area contributed by atoms with Gasteiger partial charge in [0.2, 0.25) is 11.9 Å². The molecule has 8 heteroatoms. The van der Waals surface area contributed by atoms with E-state index in [9.17, 15) is 0 Å². The van der Waals surface area contributed by atoms with E-state index in [-0.39, 0.29) is 5.54 Å². The Labute approximate surface area is 206 Å². The monoisotopic (exact) mass is 470 g/mol.